The number of urea groups is 1. The van der Waals surface area contributed by atoms with Gasteiger partial charge in [-0.25, -0.2) is 14.7 Å². The second-order valence-corrected chi connectivity index (χ2v) is 7.29. The van der Waals surface area contributed by atoms with Crippen molar-refractivity contribution in [2.24, 2.45) is 0 Å². The number of carbonyl (C=O) groups excluding carboxylic acids is 2. The molecule has 0 radical (unpaired) electrons. The molecule has 3 N–H and O–H groups in total. The van der Waals surface area contributed by atoms with Crippen LogP contribution in [0.4, 0.5) is 10.5 Å². The molecule has 0 unspecified atom stereocenters. The highest BCUT2D eigenvalue weighted by atomic mass is 32.2. The van der Waals surface area contributed by atoms with Crippen molar-refractivity contribution in [2.75, 3.05) is 5.32 Å². The van der Waals surface area contributed by atoms with Crippen LogP contribution < -0.4 is 16.3 Å². The minimum atomic E-state index is -0.595. The van der Waals surface area contributed by atoms with Crippen molar-refractivity contribution in [3.8, 4) is 0 Å². The van der Waals surface area contributed by atoms with Crippen LogP contribution in [-0.2, 0) is 11.3 Å². The Hall–Kier alpha value is -2.55. The lowest BCUT2D eigenvalue weighted by Crippen LogP contribution is -2.39. The second kappa shape index (κ2) is 8.70. The van der Waals surface area contributed by atoms with Gasteiger partial charge in [0.15, 0.2) is 5.16 Å². The van der Waals surface area contributed by atoms with E-state index in [0.717, 1.165) is 29.3 Å². The lowest BCUT2D eigenvalue weighted by atomic mass is 10.1. The number of aryl methyl sites for hydroxylation is 2. The fraction of sp³-hybridized carbons (Fsp3) is 0.412. The number of benzene rings is 1. The number of H-pyrrole nitrogens is 1. The van der Waals surface area contributed by atoms with Gasteiger partial charge in [-0.05, 0) is 38.8 Å². The molecule has 0 saturated carbocycles. The Morgan fingerprint density at radius 2 is 2.08 bits per heavy atom. The van der Waals surface area contributed by atoms with E-state index in [-0.39, 0.29) is 5.69 Å². The van der Waals surface area contributed by atoms with E-state index >= 15 is 0 Å². The number of hydrogen-bond donors (Lipinski definition) is 3. The highest BCUT2D eigenvalue weighted by molar-refractivity contribution is 8.00. The molecule has 9 heteroatoms. The van der Waals surface area contributed by atoms with Crippen LogP contribution in [0.15, 0.2) is 28.2 Å². The smallest absolute Gasteiger partial charge is 0.307 e. The molecular weight excluding hydrogens is 354 g/mol. The van der Waals surface area contributed by atoms with Crippen LogP contribution in [0.1, 0.15) is 31.4 Å². The summed E-state index contributed by atoms with van der Waals surface area (Å²) in [6, 6.07) is 5.02. The maximum Gasteiger partial charge on any atom is 0.343 e. The van der Waals surface area contributed by atoms with Crippen LogP contribution in [0.5, 0.6) is 0 Å². The first-order chi connectivity index (χ1) is 12.3. The Kier molecular flexibility index (Phi) is 6.62. The van der Waals surface area contributed by atoms with Gasteiger partial charge >= 0.3 is 11.7 Å². The topological polar surface area (TPSA) is 109 Å². The number of nitrogens with zero attached hydrogens (tertiary/aromatic N) is 2. The molecule has 0 aliphatic rings. The normalized spacial score (nSPS) is 11.8. The molecule has 1 atom stereocenters. The summed E-state index contributed by atoms with van der Waals surface area (Å²) in [4.78, 5) is 36.0. The predicted octanol–water partition coefficient (Wildman–Crippen LogP) is 2.43. The zero-order valence-electron chi connectivity index (χ0n) is 15.3. The third-order valence-corrected chi connectivity index (χ3v) is 4.78. The number of aromatic amines is 1. The van der Waals surface area contributed by atoms with Crippen LogP contribution in [0.25, 0.3) is 0 Å². The zero-order chi connectivity index (χ0) is 19.3. The van der Waals surface area contributed by atoms with Gasteiger partial charge in [0, 0.05) is 12.2 Å². The summed E-state index contributed by atoms with van der Waals surface area (Å²) in [5.41, 5.74) is 2.33. The summed E-state index contributed by atoms with van der Waals surface area (Å²) in [5.74, 6) is -0.462. The van der Waals surface area contributed by atoms with Gasteiger partial charge in [0.05, 0.1) is 5.25 Å². The summed E-state index contributed by atoms with van der Waals surface area (Å²) in [5, 5.41) is 11.1. The summed E-state index contributed by atoms with van der Waals surface area (Å²) in [7, 11) is 0. The third-order valence-electron chi connectivity index (χ3n) is 3.69. The number of amides is 3. The number of hydrogen-bond acceptors (Lipinski definition) is 5. The average molecular weight is 377 g/mol. The Morgan fingerprint density at radius 3 is 2.73 bits per heavy atom. The van der Waals surface area contributed by atoms with Crippen LogP contribution in [0.2, 0.25) is 0 Å². The van der Waals surface area contributed by atoms with E-state index in [2.05, 4.69) is 20.8 Å². The van der Waals surface area contributed by atoms with Gasteiger partial charge in [-0.1, -0.05) is 36.4 Å². The van der Waals surface area contributed by atoms with E-state index in [9.17, 15) is 14.4 Å². The van der Waals surface area contributed by atoms with Crippen molar-refractivity contribution >= 4 is 29.4 Å². The summed E-state index contributed by atoms with van der Waals surface area (Å²) in [6.07, 6.45) is 0.770. The molecule has 8 nitrogen and oxygen atoms in total. The fourth-order valence-electron chi connectivity index (χ4n) is 2.35. The standard InChI is InChI=1S/C17H23N5O3S/c1-5-8-22-16(25)20-21-17(22)26-12(4)14(23)19-15(24)18-13-7-6-10(2)9-11(13)3/h6-7,9,12H,5,8H2,1-4H3,(H,20,25)(H2,18,19,23,24)/t12-/m1/s1. The van der Waals surface area contributed by atoms with E-state index in [0.29, 0.717) is 17.4 Å². The molecule has 3 amide bonds. The van der Waals surface area contributed by atoms with Gasteiger partial charge in [-0.3, -0.25) is 14.7 Å². The molecule has 0 spiro atoms. The van der Waals surface area contributed by atoms with Gasteiger partial charge in [0.25, 0.3) is 0 Å². The third kappa shape index (κ3) is 4.98. The van der Waals surface area contributed by atoms with Crippen molar-refractivity contribution in [3.05, 3.63) is 39.8 Å². The van der Waals surface area contributed by atoms with E-state index in [1.165, 1.54) is 4.57 Å². The molecule has 0 aliphatic heterocycles. The van der Waals surface area contributed by atoms with Gasteiger partial charge in [-0.15, -0.1) is 5.10 Å². The SMILES string of the molecule is CCCn1c(S[C@H](C)C(=O)NC(=O)Nc2ccc(C)cc2C)n[nH]c1=O. The van der Waals surface area contributed by atoms with Crippen molar-refractivity contribution in [1.29, 1.82) is 0 Å². The predicted molar refractivity (Wildman–Crippen MR) is 102 cm³/mol. The molecule has 1 aromatic heterocycles. The maximum absolute atomic E-state index is 12.2. The molecule has 140 valence electrons. The van der Waals surface area contributed by atoms with Gasteiger partial charge in [0.1, 0.15) is 0 Å². The largest absolute Gasteiger partial charge is 0.343 e. The highest BCUT2D eigenvalue weighted by Crippen LogP contribution is 2.20. The first-order valence-electron chi connectivity index (χ1n) is 8.32. The second-order valence-electron chi connectivity index (χ2n) is 5.98. The number of aromatic nitrogens is 3. The molecule has 2 rings (SSSR count). The Labute approximate surface area is 155 Å². The summed E-state index contributed by atoms with van der Waals surface area (Å²) >= 11 is 1.12. The van der Waals surface area contributed by atoms with Crippen LogP contribution in [0.3, 0.4) is 0 Å². The van der Waals surface area contributed by atoms with Crippen molar-refractivity contribution < 1.29 is 9.59 Å². The fourth-order valence-corrected chi connectivity index (χ4v) is 3.23. The van der Waals surface area contributed by atoms with E-state index in [1.54, 1.807) is 13.0 Å². The molecule has 0 aliphatic carbocycles. The maximum atomic E-state index is 12.2. The van der Waals surface area contributed by atoms with E-state index in [4.69, 9.17) is 0 Å². The van der Waals surface area contributed by atoms with E-state index in [1.807, 2.05) is 32.9 Å². The molecule has 2 aromatic rings. The highest BCUT2D eigenvalue weighted by Gasteiger charge is 2.20. The number of carbonyl (C=O) groups is 2. The van der Waals surface area contributed by atoms with Crippen LogP contribution >= 0.6 is 11.8 Å². The molecule has 0 bridgehead atoms. The molecule has 0 saturated heterocycles. The van der Waals surface area contributed by atoms with Gasteiger partial charge < -0.3 is 5.32 Å². The minimum absolute atomic E-state index is 0.311. The van der Waals surface area contributed by atoms with Gasteiger partial charge in [0.2, 0.25) is 5.91 Å². The first kappa shape index (κ1) is 19.8. The molecule has 1 aromatic carbocycles. The number of rotatable bonds is 6. The Bertz CT molecular complexity index is 858. The number of anilines is 1. The minimum Gasteiger partial charge on any atom is -0.307 e. The summed E-state index contributed by atoms with van der Waals surface area (Å²) in [6.45, 7) is 7.96. The first-order valence-corrected chi connectivity index (χ1v) is 9.20. The molecule has 0 fully saturated rings. The van der Waals surface area contributed by atoms with E-state index < -0.39 is 17.2 Å². The average Bonchev–Trinajstić information content (AvgIpc) is 2.91. The zero-order valence-corrected chi connectivity index (χ0v) is 16.1. The lowest BCUT2D eigenvalue weighted by molar-refractivity contribution is -0.119. The van der Waals surface area contributed by atoms with Crippen molar-refractivity contribution in [1.82, 2.24) is 20.1 Å². The molecule has 1 heterocycles. The molecular formula is C17H23N5O3S. The quantitative estimate of drug-likeness (QED) is 0.670. The lowest BCUT2D eigenvalue weighted by Gasteiger charge is -2.13. The summed E-state index contributed by atoms with van der Waals surface area (Å²) < 4.78 is 1.48. The number of imide groups is 1. The Morgan fingerprint density at radius 1 is 1.35 bits per heavy atom. The van der Waals surface area contributed by atoms with Crippen LogP contribution in [-0.4, -0.2) is 32.0 Å². The van der Waals surface area contributed by atoms with Crippen molar-refractivity contribution in [3.63, 3.8) is 0 Å². The van der Waals surface area contributed by atoms with Crippen LogP contribution in [0, 0.1) is 13.8 Å². The van der Waals surface area contributed by atoms with Gasteiger partial charge in [-0.2, -0.15) is 0 Å². The number of thioether (sulfide) groups is 1. The Balaban J connectivity index is 1.96. The molecule has 26 heavy (non-hydrogen) atoms. The number of nitrogens with one attached hydrogen (secondary N) is 3. The van der Waals surface area contributed by atoms with Crippen molar-refractivity contribution in [2.45, 2.75) is 51.1 Å². The monoisotopic (exact) mass is 377 g/mol.